The molecule has 1 rings (SSSR count). The summed E-state index contributed by atoms with van der Waals surface area (Å²) in [7, 11) is 1.95. The Morgan fingerprint density at radius 2 is 2.33 bits per heavy atom. The van der Waals surface area contributed by atoms with Gasteiger partial charge in [0.25, 0.3) is 0 Å². The van der Waals surface area contributed by atoms with E-state index in [1.54, 1.807) is 6.07 Å². The van der Waals surface area contributed by atoms with Gasteiger partial charge < -0.3 is 15.1 Å². The fourth-order valence-electron chi connectivity index (χ4n) is 0.821. The Hall–Kier alpha value is -1.03. The molecule has 0 aromatic carbocycles. The standard InChI is InChI=1S/C8H12N2OS/c1-3-10(2)7-5-4-6(11-7)8(9)12/h4-5H,3H2,1-2H3,(H2,9,12). The van der Waals surface area contributed by atoms with Gasteiger partial charge in [-0.05, 0) is 13.0 Å². The van der Waals surface area contributed by atoms with Crippen LogP contribution in [0.15, 0.2) is 16.5 Å². The van der Waals surface area contributed by atoms with Gasteiger partial charge in [-0.1, -0.05) is 12.2 Å². The molecule has 0 amide bonds. The maximum atomic E-state index is 5.39. The van der Waals surface area contributed by atoms with Crippen LogP contribution in [0.2, 0.25) is 0 Å². The first-order valence-electron chi connectivity index (χ1n) is 3.76. The van der Waals surface area contributed by atoms with E-state index in [1.165, 1.54) is 0 Å². The van der Waals surface area contributed by atoms with E-state index in [-0.39, 0.29) is 0 Å². The van der Waals surface area contributed by atoms with Crippen LogP contribution in [0.1, 0.15) is 12.7 Å². The van der Waals surface area contributed by atoms with E-state index >= 15 is 0 Å². The Bertz CT molecular complexity index is 282. The second-order valence-electron chi connectivity index (χ2n) is 2.52. The van der Waals surface area contributed by atoms with Crippen LogP contribution in [-0.2, 0) is 0 Å². The van der Waals surface area contributed by atoms with Crippen LogP contribution < -0.4 is 10.6 Å². The van der Waals surface area contributed by atoms with Crippen LogP contribution in [0.5, 0.6) is 0 Å². The fraction of sp³-hybridized carbons (Fsp3) is 0.375. The van der Waals surface area contributed by atoms with Crippen LogP contribution >= 0.6 is 12.2 Å². The highest BCUT2D eigenvalue weighted by Crippen LogP contribution is 2.16. The zero-order chi connectivity index (χ0) is 9.14. The van der Waals surface area contributed by atoms with Gasteiger partial charge in [0.1, 0.15) is 4.99 Å². The minimum atomic E-state index is 0.297. The predicted octanol–water partition coefficient (Wildman–Crippen LogP) is 1.37. The third-order valence-electron chi connectivity index (χ3n) is 1.69. The molecule has 4 heteroatoms. The first-order valence-corrected chi connectivity index (χ1v) is 4.16. The summed E-state index contributed by atoms with van der Waals surface area (Å²) in [6, 6.07) is 3.64. The number of nitrogens with zero attached hydrogens (tertiary/aromatic N) is 1. The zero-order valence-electron chi connectivity index (χ0n) is 7.20. The van der Waals surface area contributed by atoms with Gasteiger partial charge >= 0.3 is 0 Å². The molecule has 0 aliphatic heterocycles. The summed E-state index contributed by atoms with van der Waals surface area (Å²) in [5.74, 6) is 1.36. The highest BCUT2D eigenvalue weighted by molar-refractivity contribution is 7.80. The molecule has 0 saturated carbocycles. The van der Waals surface area contributed by atoms with Crippen molar-refractivity contribution in [3.63, 3.8) is 0 Å². The molecule has 12 heavy (non-hydrogen) atoms. The van der Waals surface area contributed by atoms with Gasteiger partial charge in [0, 0.05) is 19.7 Å². The molecule has 1 heterocycles. The highest BCUT2D eigenvalue weighted by atomic mass is 32.1. The second kappa shape index (κ2) is 3.58. The maximum Gasteiger partial charge on any atom is 0.196 e. The second-order valence-corrected chi connectivity index (χ2v) is 2.96. The van der Waals surface area contributed by atoms with Crippen molar-refractivity contribution in [2.75, 3.05) is 18.5 Å². The van der Waals surface area contributed by atoms with E-state index in [1.807, 2.05) is 24.9 Å². The molecule has 66 valence electrons. The van der Waals surface area contributed by atoms with Crippen molar-refractivity contribution in [3.05, 3.63) is 17.9 Å². The van der Waals surface area contributed by atoms with Crippen molar-refractivity contribution in [2.24, 2.45) is 5.73 Å². The maximum absolute atomic E-state index is 5.39. The molecular weight excluding hydrogens is 172 g/mol. The number of thiocarbonyl (C=S) groups is 1. The molecule has 0 atom stereocenters. The quantitative estimate of drug-likeness (QED) is 0.720. The third kappa shape index (κ3) is 1.76. The molecule has 1 aromatic rings. The molecule has 0 saturated heterocycles. The van der Waals surface area contributed by atoms with Crippen molar-refractivity contribution in [3.8, 4) is 0 Å². The molecule has 0 aliphatic rings. The third-order valence-corrected chi connectivity index (χ3v) is 1.89. The summed E-state index contributed by atoms with van der Waals surface area (Å²) in [6.07, 6.45) is 0. The average Bonchev–Trinajstić information content (AvgIpc) is 2.51. The van der Waals surface area contributed by atoms with Gasteiger partial charge in [0.15, 0.2) is 11.6 Å². The van der Waals surface area contributed by atoms with Gasteiger partial charge in [-0.2, -0.15) is 0 Å². The molecule has 0 radical (unpaired) electrons. The molecule has 0 aliphatic carbocycles. The van der Waals surface area contributed by atoms with Crippen LogP contribution in [0.4, 0.5) is 5.88 Å². The smallest absolute Gasteiger partial charge is 0.196 e. The van der Waals surface area contributed by atoms with Gasteiger partial charge in [-0.25, -0.2) is 0 Å². The summed E-state index contributed by atoms with van der Waals surface area (Å²) in [5.41, 5.74) is 5.39. The summed E-state index contributed by atoms with van der Waals surface area (Å²) < 4.78 is 5.36. The van der Waals surface area contributed by atoms with E-state index < -0.39 is 0 Å². The van der Waals surface area contributed by atoms with E-state index in [4.69, 9.17) is 22.4 Å². The average molecular weight is 184 g/mol. The normalized spacial score (nSPS) is 9.83. The number of anilines is 1. The van der Waals surface area contributed by atoms with Crippen molar-refractivity contribution in [1.29, 1.82) is 0 Å². The molecular formula is C8H12N2OS. The molecule has 1 aromatic heterocycles. The van der Waals surface area contributed by atoms with Gasteiger partial charge in [0.2, 0.25) is 0 Å². The van der Waals surface area contributed by atoms with Gasteiger partial charge in [0.05, 0.1) is 0 Å². The van der Waals surface area contributed by atoms with Crippen LogP contribution in [0, 0.1) is 0 Å². The largest absolute Gasteiger partial charge is 0.438 e. The monoisotopic (exact) mass is 184 g/mol. The topological polar surface area (TPSA) is 42.4 Å². The Morgan fingerprint density at radius 3 is 2.75 bits per heavy atom. The number of rotatable bonds is 3. The Labute approximate surface area is 77.1 Å². The summed E-state index contributed by atoms with van der Waals surface area (Å²) in [5, 5.41) is 0. The summed E-state index contributed by atoms with van der Waals surface area (Å²) in [4.78, 5) is 2.27. The zero-order valence-corrected chi connectivity index (χ0v) is 8.02. The summed E-state index contributed by atoms with van der Waals surface area (Å²) >= 11 is 4.76. The van der Waals surface area contributed by atoms with E-state index in [0.717, 1.165) is 12.4 Å². The number of hydrogen-bond donors (Lipinski definition) is 1. The van der Waals surface area contributed by atoms with Crippen LogP contribution in [0.25, 0.3) is 0 Å². The SMILES string of the molecule is CCN(C)c1ccc(C(N)=S)o1. The Morgan fingerprint density at radius 1 is 1.67 bits per heavy atom. The lowest BCUT2D eigenvalue weighted by molar-refractivity contribution is 0.550. The lowest BCUT2D eigenvalue weighted by Crippen LogP contribution is -2.15. The fourth-order valence-corrected chi connectivity index (χ4v) is 0.931. The van der Waals surface area contributed by atoms with Crippen LogP contribution in [-0.4, -0.2) is 18.6 Å². The van der Waals surface area contributed by atoms with Crippen LogP contribution in [0.3, 0.4) is 0 Å². The van der Waals surface area contributed by atoms with Crippen molar-refractivity contribution >= 4 is 23.1 Å². The molecule has 0 bridgehead atoms. The van der Waals surface area contributed by atoms with Crippen molar-refractivity contribution in [1.82, 2.24) is 0 Å². The van der Waals surface area contributed by atoms with E-state index in [9.17, 15) is 0 Å². The lowest BCUT2D eigenvalue weighted by atomic mass is 10.4. The highest BCUT2D eigenvalue weighted by Gasteiger charge is 2.06. The summed E-state index contributed by atoms with van der Waals surface area (Å²) in [6.45, 7) is 2.94. The first kappa shape index (κ1) is 9.06. The Balaban J connectivity index is 2.84. The van der Waals surface area contributed by atoms with E-state index in [2.05, 4.69) is 0 Å². The number of furan rings is 1. The molecule has 3 nitrogen and oxygen atoms in total. The molecule has 0 spiro atoms. The Kier molecular flexibility index (Phi) is 2.70. The molecule has 2 N–H and O–H groups in total. The van der Waals surface area contributed by atoms with Crippen molar-refractivity contribution in [2.45, 2.75) is 6.92 Å². The predicted molar refractivity (Wildman–Crippen MR) is 53.5 cm³/mol. The number of hydrogen-bond acceptors (Lipinski definition) is 3. The van der Waals surface area contributed by atoms with E-state index in [0.29, 0.717) is 10.7 Å². The molecule has 0 fully saturated rings. The first-order chi connectivity index (χ1) is 5.65. The van der Waals surface area contributed by atoms with Gasteiger partial charge in [-0.15, -0.1) is 0 Å². The van der Waals surface area contributed by atoms with Gasteiger partial charge in [-0.3, -0.25) is 0 Å². The minimum Gasteiger partial charge on any atom is -0.438 e. The van der Waals surface area contributed by atoms with Crippen molar-refractivity contribution < 1.29 is 4.42 Å². The lowest BCUT2D eigenvalue weighted by Gasteiger charge is -2.11. The minimum absolute atomic E-state index is 0.297. The molecule has 0 unspecified atom stereocenters. The number of nitrogens with two attached hydrogens (primary N) is 1.